The Balaban J connectivity index is 1.65. The normalized spacial score (nSPS) is 19.5. The SMILES string of the molecule is CCCN1C(=O)C(=O)N(C[NH+]2CCN(S(=O)(=O)c3cc(C)ccc3C)CC2)C1=O. The predicted octanol–water partition coefficient (Wildman–Crippen LogP) is -0.649. The average Bonchev–Trinajstić information content (AvgIpc) is 2.88. The highest BCUT2D eigenvalue weighted by molar-refractivity contribution is 7.89. The number of benzene rings is 1. The Labute approximate surface area is 170 Å². The van der Waals surface area contributed by atoms with Crippen molar-refractivity contribution >= 4 is 27.9 Å². The van der Waals surface area contributed by atoms with Gasteiger partial charge in [0.1, 0.15) is 0 Å². The van der Waals surface area contributed by atoms with E-state index in [1.54, 1.807) is 19.1 Å². The monoisotopic (exact) mass is 423 g/mol. The highest BCUT2D eigenvalue weighted by Gasteiger charge is 2.46. The van der Waals surface area contributed by atoms with Crippen molar-refractivity contribution in [3.8, 4) is 0 Å². The quantitative estimate of drug-likeness (QED) is 0.484. The largest absolute Gasteiger partial charge is 0.338 e. The van der Waals surface area contributed by atoms with Gasteiger partial charge >= 0.3 is 17.8 Å². The molecule has 0 bridgehead atoms. The number of rotatable bonds is 6. The van der Waals surface area contributed by atoms with Crippen LogP contribution in [0, 0.1) is 13.8 Å². The van der Waals surface area contributed by atoms with Crippen molar-refractivity contribution in [3.63, 3.8) is 0 Å². The van der Waals surface area contributed by atoms with Crippen LogP contribution in [0.5, 0.6) is 0 Å². The molecule has 0 atom stereocenters. The van der Waals surface area contributed by atoms with Crippen molar-refractivity contribution < 1.29 is 27.7 Å². The van der Waals surface area contributed by atoms with Gasteiger partial charge in [-0.3, -0.25) is 14.5 Å². The molecule has 1 N–H and O–H groups in total. The molecule has 0 aromatic heterocycles. The zero-order valence-electron chi connectivity index (χ0n) is 17.0. The lowest BCUT2D eigenvalue weighted by atomic mass is 10.2. The average molecular weight is 424 g/mol. The molecule has 0 saturated carbocycles. The Kier molecular flexibility index (Phi) is 6.06. The number of hydrogen-bond acceptors (Lipinski definition) is 5. The molecule has 9 nitrogen and oxygen atoms in total. The third-order valence-electron chi connectivity index (χ3n) is 5.35. The van der Waals surface area contributed by atoms with Gasteiger partial charge in [-0.25, -0.2) is 18.1 Å². The van der Waals surface area contributed by atoms with E-state index in [2.05, 4.69) is 0 Å². The molecule has 1 aromatic rings. The van der Waals surface area contributed by atoms with Crippen LogP contribution in [0.25, 0.3) is 0 Å². The van der Waals surface area contributed by atoms with E-state index in [1.165, 1.54) is 4.31 Å². The van der Waals surface area contributed by atoms with Crippen molar-refractivity contribution in [2.75, 3.05) is 39.4 Å². The molecule has 0 spiro atoms. The molecular weight excluding hydrogens is 396 g/mol. The minimum atomic E-state index is -3.60. The smallest absolute Gasteiger partial charge is 0.315 e. The topological polar surface area (TPSA) is 99.5 Å². The number of urea groups is 1. The maximum absolute atomic E-state index is 13.0. The molecule has 3 rings (SSSR count). The van der Waals surface area contributed by atoms with Crippen molar-refractivity contribution in [2.45, 2.75) is 32.1 Å². The molecular formula is C19H27N4O5S+. The second-order valence-corrected chi connectivity index (χ2v) is 9.46. The summed E-state index contributed by atoms with van der Waals surface area (Å²) in [4.78, 5) is 39.6. The van der Waals surface area contributed by atoms with Crippen LogP contribution in [0.4, 0.5) is 4.79 Å². The van der Waals surface area contributed by atoms with Gasteiger partial charge in [-0.15, -0.1) is 0 Å². The Bertz CT molecular complexity index is 938. The fraction of sp³-hybridized carbons (Fsp3) is 0.526. The van der Waals surface area contributed by atoms with E-state index in [0.717, 1.165) is 20.3 Å². The van der Waals surface area contributed by atoms with Crippen LogP contribution in [-0.2, 0) is 19.6 Å². The van der Waals surface area contributed by atoms with Crippen LogP contribution >= 0.6 is 0 Å². The molecule has 2 aliphatic rings. The summed E-state index contributed by atoms with van der Waals surface area (Å²) in [6, 6.07) is 4.77. The second kappa shape index (κ2) is 8.21. The number of quaternary nitrogens is 1. The number of sulfonamides is 1. The van der Waals surface area contributed by atoms with E-state index >= 15 is 0 Å². The molecule has 2 aliphatic heterocycles. The summed E-state index contributed by atoms with van der Waals surface area (Å²) in [5.41, 5.74) is 1.58. The fourth-order valence-corrected chi connectivity index (χ4v) is 5.41. The number of piperazine rings is 1. The molecule has 2 saturated heterocycles. The van der Waals surface area contributed by atoms with Gasteiger partial charge in [0.2, 0.25) is 10.0 Å². The zero-order valence-corrected chi connectivity index (χ0v) is 17.8. The summed E-state index contributed by atoms with van der Waals surface area (Å²) >= 11 is 0. The molecule has 29 heavy (non-hydrogen) atoms. The fourth-order valence-electron chi connectivity index (χ4n) is 3.66. The lowest BCUT2D eigenvalue weighted by Crippen LogP contribution is -3.16. The first-order valence-electron chi connectivity index (χ1n) is 9.75. The van der Waals surface area contributed by atoms with E-state index in [4.69, 9.17) is 0 Å². The van der Waals surface area contributed by atoms with Crippen LogP contribution in [-0.4, -0.2) is 79.8 Å². The van der Waals surface area contributed by atoms with Crippen LogP contribution in [0.15, 0.2) is 23.1 Å². The summed E-state index contributed by atoms with van der Waals surface area (Å²) in [7, 11) is -3.60. The van der Waals surface area contributed by atoms with E-state index < -0.39 is 27.9 Å². The lowest BCUT2D eigenvalue weighted by Gasteiger charge is -2.33. The van der Waals surface area contributed by atoms with Crippen LogP contribution < -0.4 is 4.90 Å². The van der Waals surface area contributed by atoms with E-state index in [1.807, 2.05) is 19.9 Å². The number of aryl methyl sites for hydroxylation is 2. The Morgan fingerprint density at radius 1 is 1.00 bits per heavy atom. The van der Waals surface area contributed by atoms with Gasteiger partial charge in [0.05, 0.1) is 31.1 Å². The summed E-state index contributed by atoms with van der Waals surface area (Å²) in [6.45, 7) is 7.21. The van der Waals surface area contributed by atoms with E-state index in [-0.39, 0.29) is 26.3 Å². The first-order chi connectivity index (χ1) is 13.7. The minimum absolute atomic E-state index is 0.0704. The summed E-state index contributed by atoms with van der Waals surface area (Å²) < 4.78 is 27.5. The summed E-state index contributed by atoms with van der Waals surface area (Å²) in [5.74, 6) is -1.59. The van der Waals surface area contributed by atoms with Gasteiger partial charge in [0.15, 0.2) is 6.67 Å². The number of nitrogens with one attached hydrogen (secondary N) is 1. The highest BCUT2D eigenvalue weighted by Crippen LogP contribution is 2.21. The first kappa shape index (κ1) is 21.4. The summed E-state index contributed by atoms with van der Waals surface area (Å²) in [5, 5.41) is 0. The van der Waals surface area contributed by atoms with Crippen molar-refractivity contribution in [1.29, 1.82) is 0 Å². The Morgan fingerprint density at radius 3 is 2.24 bits per heavy atom. The van der Waals surface area contributed by atoms with E-state index in [0.29, 0.717) is 30.0 Å². The van der Waals surface area contributed by atoms with Gasteiger partial charge < -0.3 is 4.90 Å². The Hall–Kier alpha value is -2.30. The van der Waals surface area contributed by atoms with Gasteiger partial charge in [-0.05, 0) is 37.5 Å². The molecule has 0 aliphatic carbocycles. The number of imide groups is 2. The molecule has 158 valence electrons. The molecule has 0 unspecified atom stereocenters. The molecule has 2 heterocycles. The molecule has 10 heteroatoms. The van der Waals surface area contributed by atoms with Gasteiger partial charge in [-0.2, -0.15) is 4.31 Å². The van der Waals surface area contributed by atoms with E-state index in [9.17, 15) is 22.8 Å². The molecule has 1 aromatic carbocycles. The first-order valence-corrected chi connectivity index (χ1v) is 11.2. The van der Waals surface area contributed by atoms with Crippen molar-refractivity contribution in [1.82, 2.24) is 14.1 Å². The van der Waals surface area contributed by atoms with Crippen molar-refractivity contribution in [3.05, 3.63) is 29.3 Å². The molecule has 0 radical (unpaired) electrons. The maximum atomic E-state index is 13.0. The van der Waals surface area contributed by atoms with Crippen molar-refractivity contribution in [2.24, 2.45) is 0 Å². The molecule has 2 fully saturated rings. The minimum Gasteiger partial charge on any atom is -0.315 e. The third kappa shape index (κ3) is 4.05. The predicted molar refractivity (Wildman–Crippen MR) is 104 cm³/mol. The number of carbonyl (C=O) groups excluding carboxylic acids is 3. The van der Waals surface area contributed by atoms with Crippen LogP contribution in [0.3, 0.4) is 0 Å². The third-order valence-corrected chi connectivity index (χ3v) is 7.40. The zero-order chi connectivity index (χ0) is 21.3. The number of amides is 4. The number of carbonyl (C=O) groups is 3. The van der Waals surface area contributed by atoms with Crippen LogP contribution in [0.2, 0.25) is 0 Å². The van der Waals surface area contributed by atoms with Crippen LogP contribution in [0.1, 0.15) is 24.5 Å². The highest BCUT2D eigenvalue weighted by atomic mass is 32.2. The molecule has 4 amide bonds. The van der Waals surface area contributed by atoms with Gasteiger partial charge in [0, 0.05) is 6.54 Å². The van der Waals surface area contributed by atoms with Gasteiger partial charge in [-0.1, -0.05) is 19.1 Å². The number of hydrogen-bond donors (Lipinski definition) is 1. The lowest BCUT2D eigenvalue weighted by molar-refractivity contribution is -0.910. The standard InChI is InChI=1S/C19H26N4O5S/c1-4-7-22-17(24)18(25)23(19(22)26)13-20-8-10-21(11-9-20)29(27,28)16-12-14(2)5-6-15(16)3/h5-6,12H,4,7-11,13H2,1-3H3/p+1. The number of nitrogens with zero attached hydrogens (tertiary/aromatic N) is 3. The Morgan fingerprint density at radius 2 is 1.62 bits per heavy atom. The maximum Gasteiger partial charge on any atom is 0.338 e. The van der Waals surface area contributed by atoms with Gasteiger partial charge in [0.25, 0.3) is 0 Å². The second-order valence-electron chi connectivity index (χ2n) is 7.55. The summed E-state index contributed by atoms with van der Waals surface area (Å²) in [6.07, 6.45) is 0.584.